The normalized spacial score (nSPS) is 11.5. The first-order valence-electron chi connectivity index (χ1n) is 10.1. The second-order valence-electron chi connectivity index (χ2n) is 7.14. The van der Waals surface area contributed by atoms with Crippen molar-refractivity contribution in [3.63, 3.8) is 0 Å². The molecular formula is C24H22N2O6S. The van der Waals surface area contributed by atoms with Gasteiger partial charge in [-0.2, -0.15) is 4.31 Å². The summed E-state index contributed by atoms with van der Waals surface area (Å²) in [5.74, 6) is 1.35. The van der Waals surface area contributed by atoms with Gasteiger partial charge in [-0.1, -0.05) is 0 Å². The van der Waals surface area contributed by atoms with Gasteiger partial charge in [0.25, 0.3) is 5.91 Å². The lowest BCUT2D eigenvalue weighted by molar-refractivity contribution is 0.102. The Kier molecular flexibility index (Phi) is 6.62. The molecule has 0 unspecified atom stereocenters. The molecular weight excluding hydrogens is 444 g/mol. The third kappa shape index (κ3) is 5.33. The van der Waals surface area contributed by atoms with Crippen molar-refractivity contribution < 1.29 is 26.8 Å². The molecule has 0 aliphatic carbocycles. The molecule has 2 aromatic carbocycles. The van der Waals surface area contributed by atoms with Crippen LogP contribution in [0.3, 0.4) is 0 Å². The third-order valence-corrected chi connectivity index (χ3v) is 6.73. The van der Waals surface area contributed by atoms with Gasteiger partial charge in [0.2, 0.25) is 10.0 Å². The van der Waals surface area contributed by atoms with Crippen molar-refractivity contribution in [3.05, 3.63) is 102 Å². The van der Waals surface area contributed by atoms with Crippen LogP contribution in [0.4, 0.5) is 5.69 Å². The quantitative estimate of drug-likeness (QED) is 0.389. The minimum Gasteiger partial charge on any atom is -0.497 e. The molecule has 0 saturated carbocycles. The molecule has 0 radical (unpaired) electrons. The number of amides is 1. The number of hydrogen-bond donors (Lipinski definition) is 1. The van der Waals surface area contributed by atoms with Crippen LogP contribution in [0.15, 0.2) is 99.1 Å². The first-order valence-corrected chi connectivity index (χ1v) is 11.5. The topological polar surface area (TPSA) is 102 Å². The second-order valence-corrected chi connectivity index (χ2v) is 9.08. The van der Waals surface area contributed by atoms with Crippen molar-refractivity contribution in [1.82, 2.24) is 4.31 Å². The zero-order valence-electron chi connectivity index (χ0n) is 17.8. The zero-order chi connectivity index (χ0) is 23.3. The molecule has 0 bridgehead atoms. The lowest BCUT2D eigenvalue weighted by Gasteiger charge is -2.20. The maximum absolute atomic E-state index is 13.3. The Morgan fingerprint density at radius 1 is 0.879 bits per heavy atom. The Hall–Kier alpha value is -3.82. The van der Waals surface area contributed by atoms with E-state index in [9.17, 15) is 13.2 Å². The van der Waals surface area contributed by atoms with Crippen LogP contribution in [0.25, 0.3) is 0 Å². The van der Waals surface area contributed by atoms with E-state index in [4.69, 9.17) is 13.6 Å². The summed E-state index contributed by atoms with van der Waals surface area (Å²) in [5.41, 5.74) is 0.925. The van der Waals surface area contributed by atoms with E-state index in [1.807, 2.05) is 0 Å². The van der Waals surface area contributed by atoms with Gasteiger partial charge >= 0.3 is 0 Å². The van der Waals surface area contributed by atoms with Crippen LogP contribution >= 0.6 is 0 Å². The van der Waals surface area contributed by atoms with Crippen LogP contribution in [-0.4, -0.2) is 25.7 Å². The SMILES string of the molecule is COc1ccc(C(=O)Nc2ccc(S(=O)(=O)N(Cc3ccco3)Cc3ccco3)cc2)cc1. The summed E-state index contributed by atoms with van der Waals surface area (Å²) in [6, 6.07) is 19.5. The average Bonchev–Trinajstić information content (AvgIpc) is 3.53. The summed E-state index contributed by atoms with van der Waals surface area (Å²) in [5, 5.41) is 2.76. The maximum Gasteiger partial charge on any atom is 0.255 e. The van der Waals surface area contributed by atoms with Crippen LogP contribution in [0.2, 0.25) is 0 Å². The Balaban J connectivity index is 1.51. The highest BCUT2D eigenvalue weighted by Gasteiger charge is 2.26. The van der Waals surface area contributed by atoms with Crippen LogP contribution in [0.1, 0.15) is 21.9 Å². The van der Waals surface area contributed by atoms with Gasteiger partial charge in [0.15, 0.2) is 0 Å². The molecule has 0 aliphatic rings. The summed E-state index contributed by atoms with van der Waals surface area (Å²) in [6.07, 6.45) is 2.99. The molecule has 2 aromatic heterocycles. The van der Waals surface area contributed by atoms with Gasteiger partial charge in [-0.3, -0.25) is 4.79 Å². The molecule has 0 aliphatic heterocycles. The monoisotopic (exact) mass is 466 g/mol. The molecule has 4 rings (SSSR count). The molecule has 1 amide bonds. The molecule has 2 heterocycles. The average molecular weight is 467 g/mol. The molecule has 0 atom stereocenters. The molecule has 4 aromatic rings. The lowest BCUT2D eigenvalue weighted by atomic mass is 10.2. The third-order valence-electron chi connectivity index (χ3n) is 4.93. The highest BCUT2D eigenvalue weighted by Crippen LogP contribution is 2.23. The summed E-state index contributed by atoms with van der Waals surface area (Å²) in [7, 11) is -2.32. The van der Waals surface area contributed by atoms with Gasteiger partial charge in [0, 0.05) is 11.3 Å². The van der Waals surface area contributed by atoms with Crippen molar-refractivity contribution in [2.75, 3.05) is 12.4 Å². The van der Waals surface area contributed by atoms with E-state index in [1.165, 1.54) is 29.0 Å². The van der Waals surface area contributed by atoms with E-state index in [-0.39, 0.29) is 23.9 Å². The molecule has 8 nitrogen and oxygen atoms in total. The zero-order valence-corrected chi connectivity index (χ0v) is 18.6. The number of anilines is 1. The summed E-state index contributed by atoms with van der Waals surface area (Å²) in [6.45, 7) is 0.0952. The van der Waals surface area contributed by atoms with E-state index < -0.39 is 10.0 Å². The highest BCUT2D eigenvalue weighted by atomic mass is 32.2. The lowest BCUT2D eigenvalue weighted by Crippen LogP contribution is -2.30. The number of hydrogen-bond acceptors (Lipinski definition) is 6. The van der Waals surface area contributed by atoms with Gasteiger partial charge in [-0.25, -0.2) is 8.42 Å². The number of carbonyl (C=O) groups is 1. The summed E-state index contributed by atoms with van der Waals surface area (Å²) >= 11 is 0. The van der Waals surface area contributed by atoms with Crippen LogP contribution < -0.4 is 10.1 Å². The minimum absolute atomic E-state index is 0.0476. The Morgan fingerprint density at radius 2 is 1.45 bits per heavy atom. The molecule has 0 spiro atoms. The first kappa shape index (κ1) is 22.4. The van der Waals surface area contributed by atoms with Gasteiger partial charge in [-0.05, 0) is 72.8 Å². The smallest absolute Gasteiger partial charge is 0.255 e. The number of nitrogens with zero attached hydrogens (tertiary/aromatic N) is 1. The van der Waals surface area contributed by atoms with Gasteiger partial charge in [0.05, 0.1) is 37.6 Å². The predicted octanol–water partition coefficient (Wildman–Crippen LogP) is 4.52. The first-order chi connectivity index (χ1) is 16.0. The summed E-state index contributed by atoms with van der Waals surface area (Å²) in [4.78, 5) is 12.5. The van der Waals surface area contributed by atoms with E-state index in [1.54, 1.807) is 67.8 Å². The molecule has 0 saturated heterocycles. The number of carbonyl (C=O) groups excluding carboxylic acids is 1. The van der Waals surface area contributed by atoms with E-state index in [0.717, 1.165) is 0 Å². The van der Waals surface area contributed by atoms with Crippen LogP contribution in [0, 0.1) is 0 Å². The fourth-order valence-electron chi connectivity index (χ4n) is 3.18. The molecule has 9 heteroatoms. The number of rotatable bonds is 9. The Labute approximate surface area is 191 Å². The minimum atomic E-state index is -3.87. The van der Waals surface area contributed by atoms with Crippen LogP contribution in [0.5, 0.6) is 5.75 Å². The number of furan rings is 2. The van der Waals surface area contributed by atoms with Gasteiger partial charge in [0.1, 0.15) is 17.3 Å². The largest absolute Gasteiger partial charge is 0.497 e. The highest BCUT2D eigenvalue weighted by molar-refractivity contribution is 7.89. The number of nitrogens with one attached hydrogen (secondary N) is 1. The van der Waals surface area contributed by atoms with Crippen LogP contribution in [-0.2, 0) is 23.1 Å². The van der Waals surface area contributed by atoms with Crippen molar-refractivity contribution in [2.45, 2.75) is 18.0 Å². The Morgan fingerprint density at radius 3 is 1.94 bits per heavy atom. The van der Waals surface area contributed by atoms with Crippen molar-refractivity contribution >= 4 is 21.6 Å². The van der Waals surface area contributed by atoms with Crippen molar-refractivity contribution in [3.8, 4) is 5.75 Å². The number of ether oxygens (including phenoxy) is 1. The van der Waals surface area contributed by atoms with Crippen molar-refractivity contribution in [1.29, 1.82) is 0 Å². The molecule has 0 fully saturated rings. The summed E-state index contributed by atoms with van der Waals surface area (Å²) < 4.78 is 43.7. The number of sulfonamides is 1. The maximum atomic E-state index is 13.3. The number of methoxy groups -OCH3 is 1. The fourth-order valence-corrected chi connectivity index (χ4v) is 4.56. The molecule has 33 heavy (non-hydrogen) atoms. The second kappa shape index (κ2) is 9.76. The van der Waals surface area contributed by atoms with E-state index >= 15 is 0 Å². The molecule has 170 valence electrons. The Bertz CT molecular complexity index is 1240. The van der Waals surface area contributed by atoms with Gasteiger partial charge in [-0.15, -0.1) is 0 Å². The van der Waals surface area contributed by atoms with E-state index in [0.29, 0.717) is 28.5 Å². The van der Waals surface area contributed by atoms with Gasteiger partial charge < -0.3 is 18.9 Å². The fraction of sp³-hybridized carbons (Fsp3) is 0.125. The predicted molar refractivity (Wildman–Crippen MR) is 121 cm³/mol. The van der Waals surface area contributed by atoms with E-state index in [2.05, 4.69) is 5.32 Å². The standard InChI is InChI=1S/C24H22N2O6S/c1-30-20-10-6-18(7-11-20)24(27)25-19-8-12-23(13-9-19)33(28,29)26(16-21-4-2-14-31-21)17-22-5-3-15-32-22/h2-15H,16-17H2,1H3,(H,25,27). The molecule has 1 N–H and O–H groups in total. The number of benzene rings is 2. The van der Waals surface area contributed by atoms with Crippen molar-refractivity contribution in [2.24, 2.45) is 0 Å².